The van der Waals surface area contributed by atoms with E-state index in [1.54, 1.807) is 23.6 Å². The number of benzene rings is 1. The van der Waals surface area contributed by atoms with Crippen LogP contribution in [0.4, 0.5) is 5.82 Å². The smallest absolute Gasteiger partial charge is 0.310 e. The zero-order valence-electron chi connectivity index (χ0n) is 20.6. The molecular formula is C26H34N4O4S. The van der Waals surface area contributed by atoms with Crippen molar-refractivity contribution >= 4 is 29.5 Å². The maximum atomic E-state index is 13.0. The Kier molecular flexibility index (Phi) is 8.98. The average Bonchev–Trinajstić information content (AvgIpc) is 2.92. The van der Waals surface area contributed by atoms with Crippen LogP contribution in [-0.4, -0.2) is 72.7 Å². The van der Waals surface area contributed by atoms with Crippen LogP contribution in [0.3, 0.4) is 0 Å². The number of likely N-dealkylation sites (tertiary alicyclic amines) is 1. The third-order valence-electron chi connectivity index (χ3n) is 6.34. The van der Waals surface area contributed by atoms with Gasteiger partial charge in [-0.2, -0.15) is 0 Å². The van der Waals surface area contributed by atoms with Gasteiger partial charge in [0.15, 0.2) is 5.16 Å². The number of aromatic nitrogens is 2. The van der Waals surface area contributed by atoms with Gasteiger partial charge in [0.1, 0.15) is 5.82 Å². The normalized spacial score (nSPS) is 18.4. The van der Waals surface area contributed by atoms with Gasteiger partial charge >= 0.3 is 5.97 Å². The van der Waals surface area contributed by atoms with Crippen molar-refractivity contribution in [1.82, 2.24) is 14.9 Å². The fourth-order valence-electron chi connectivity index (χ4n) is 4.35. The summed E-state index contributed by atoms with van der Waals surface area (Å²) < 4.78 is 10.6. The van der Waals surface area contributed by atoms with Gasteiger partial charge < -0.3 is 19.3 Å². The van der Waals surface area contributed by atoms with Crippen LogP contribution in [0, 0.1) is 5.92 Å². The third kappa shape index (κ3) is 6.73. The second-order valence-electron chi connectivity index (χ2n) is 8.78. The Morgan fingerprint density at radius 2 is 1.89 bits per heavy atom. The van der Waals surface area contributed by atoms with Gasteiger partial charge in [0.05, 0.1) is 25.7 Å². The van der Waals surface area contributed by atoms with Crippen LogP contribution < -0.4 is 4.90 Å². The lowest BCUT2D eigenvalue weighted by atomic mass is 9.97. The summed E-state index contributed by atoms with van der Waals surface area (Å²) >= 11 is 1.60. The van der Waals surface area contributed by atoms with Gasteiger partial charge in [-0.15, -0.1) is 0 Å². The number of carbonyl (C=O) groups is 2. The van der Waals surface area contributed by atoms with E-state index in [1.807, 2.05) is 24.3 Å². The Morgan fingerprint density at radius 1 is 1.11 bits per heavy atom. The molecule has 3 heterocycles. The molecular weight excluding hydrogens is 464 g/mol. The van der Waals surface area contributed by atoms with E-state index in [1.165, 1.54) is 0 Å². The van der Waals surface area contributed by atoms with E-state index in [-0.39, 0.29) is 17.8 Å². The standard InChI is InChI=1S/C26H34N4O4S/c1-3-22-16-23(29-12-14-33-15-13-29)28-26(27-22)35-18-19-7-9-20(10-8-19)24(31)30-11-5-6-21(17-30)25(32)34-4-2/h7-10,16,21H,3-6,11-15,17-18H2,1-2H3/t21-/m1/s1. The van der Waals surface area contributed by atoms with E-state index in [9.17, 15) is 9.59 Å². The Balaban J connectivity index is 1.36. The zero-order chi connectivity index (χ0) is 24.6. The van der Waals surface area contributed by atoms with E-state index in [4.69, 9.17) is 19.4 Å². The van der Waals surface area contributed by atoms with E-state index >= 15 is 0 Å². The number of hydrogen-bond donors (Lipinski definition) is 0. The number of morpholine rings is 1. The van der Waals surface area contributed by atoms with Crippen LogP contribution in [-0.2, 0) is 26.4 Å². The van der Waals surface area contributed by atoms with Crippen LogP contribution >= 0.6 is 11.8 Å². The summed E-state index contributed by atoms with van der Waals surface area (Å²) in [6.07, 6.45) is 2.44. The molecule has 1 aromatic heterocycles. The number of thioether (sulfide) groups is 1. The number of piperidine rings is 1. The maximum absolute atomic E-state index is 13.0. The van der Waals surface area contributed by atoms with Gasteiger partial charge in [-0.05, 0) is 43.9 Å². The summed E-state index contributed by atoms with van der Waals surface area (Å²) in [7, 11) is 0. The molecule has 0 saturated carbocycles. The molecule has 1 amide bonds. The highest BCUT2D eigenvalue weighted by Gasteiger charge is 2.29. The number of aryl methyl sites for hydroxylation is 1. The van der Waals surface area contributed by atoms with Crippen LogP contribution in [0.25, 0.3) is 0 Å². The highest BCUT2D eigenvalue weighted by Crippen LogP contribution is 2.25. The van der Waals surface area contributed by atoms with Gasteiger partial charge in [-0.3, -0.25) is 9.59 Å². The van der Waals surface area contributed by atoms with E-state index in [2.05, 4.69) is 17.9 Å². The monoisotopic (exact) mass is 498 g/mol. The SMILES string of the molecule is CCOC(=O)[C@@H]1CCCN(C(=O)c2ccc(CSc3nc(CC)cc(N4CCOCC4)n3)cc2)C1. The highest BCUT2D eigenvalue weighted by molar-refractivity contribution is 7.98. The lowest BCUT2D eigenvalue weighted by Crippen LogP contribution is -2.42. The van der Waals surface area contributed by atoms with Crippen molar-refractivity contribution in [2.24, 2.45) is 5.92 Å². The molecule has 2 saturated heterocycles. The Morgan fingerprint density at radius 3 is 2.60 bits per heavy atom. The topological polar surface area (TPSA) is 84.9 Å². The Labute approximate surface area is 211 Å². The molecule has 4 rings (SSSR count). The Bertz CT molecular complexity index is 1010. The second-order valence-corrected chi connectivity index (χ2v) is 9.72. The van der Waals surface area contributed by atoms with Crippen molar-refractivity contribution in [1.29, 1.82) is 0 Å². The van der Waals surface area contributed by atoms with Crippen LogP contribution in [0.5, 0.6) is 0 Å². The lowest BCUT2D eigenvalue weighted by Gasteiger charge is -2.31. The largest absolute Gasteiger partial charge is 0.466 e. The van der Waals surface area contributed by atoms with Crippen LogP contribution in [0.1, 0.15) is 48.3 Å². The fraction of sp³-hybridized carbons (Fsp3) is 0.538. The minimum atomic E-state index is -0.232. The maximum Gasteiger partial charge on any atom is 0.310 e. The van der Waals surface area contributed by atoms with E-state index in [0.29, 0.717) is 25.3 Å². The molecule has 9 heteroatoms. The van der Waals surface area contributed by atoms with Crippen molar-refractivity contribution in [3.8, 4) is 0 Å². The number of nitrogens with zero attached hydrogens (tertiary/aromatic N) is 4. The lowest BCUT2D eigenvalue weighted by molar-refractivity contribution is -0.149. The van der Waals surface area contributed by atoms with Crippen molar-refractivity contribution in [3.05, 3.63) is 47.2 Å². The molecule has 8 nitrogen and oxygen atoms in total. The first-order valence-electron chi connectivity index (χ1n) is 12.5. The molecule has 0 aliphatic carbocycles. The molecule has 1 aromatic carbocycles. The molecule has 188 valence electrons. The van der Waals surface area contributed by atoms with Crippen molar-refractivity contribution in [2.45, 2.75) is 44.0 Å². The zero-order valence-corrected chi connectivity index (χ0v) is 21.4. The number of amides is 1. The molecule has 0 N–H and O–H groups in total. The summed E-state index contributed by atoms with van der Waals surface area (Å²) in [5.41, 5.74) is 2.78. The first-order chi connectivity index (χ1) is 17.1. The molecule has 0 bridgehead atoms. The fourth-order valence-corrected chi connectivity index (χ4v) is 5.18. The molecule has 1 atom stereocenters. The minimum Gasteiger partial charge on any atom is -0.466 e. The van der Waals surface area contributed by atoms with Gasteiger partial charge in [-0.1, -0.05) is 30.8 Å². The number of rotatable bonds is 8. The van der Waals surface area contributed by atoms with Crippen molar-refractivity contribution in [2.75, 3.05) is 50.9 Å². The summed E-state index contributed by atoms with van der Waals surface area (Å²) in [6, 6.07) is 9.78. The molecule has 0 radical (unpaired) electrons. The molecule has 2 aromatic rings. The minimum absolute atomic E-state index is 0.0349. The third-order valence-corrected chi connectivity index (χ3v) is 7.26. The number of esters is 1. The molecule has 2 fully saturated rings. The molecule has 2 aliphatic rings. The molecule has 0 spiro atoms. The number of anilines is 1. The second kappa shape index (κ2) is 12.4. The van der Waals surface area contributed by atoms with Gasteiger partial charge in [-0.25, -0.2) is 9.97 Å². The average molecular weight is 499 g/mol. The summed E-state index contributed by atoms with van der Waals surface area (Å²) in [4.78, 5) is 38.6. The summed E-state index contributed by atoms with van der Waals surface area (Å²) in [6.45, 7) is 8.50. The first-order valence-corrected chi connectivity index (χ1v) is 13.4. The van der Waals surface area contributed by atoms with Crippen LogP contribution in [0.15, 0.2) is 35.5 Å². The first kappa shape index (κ1) is 25.4. The van der Waals surface area contributed by atoms with Gasteiger partial charge in [0.25, 0.3) is 5.91 Å². The highest BCUT2D eigenvalue weighted by atomic mass is 32.2. The molecule has 35 heavy (non-hydrogen) atoms. The predicted molar refractivity (Wildman–Crippen MR) is 136 cm³/mol. The van der Waals surface area contributed by atoms with Crippen molar-refractivity contribution < 1.29 is 19.1 Å². The quantitative estimate of drug-likeness (QED) is 0.310. The van der Waals surface area contributed by atoms with Gasteiger partial charge in [0, 0.05) is 49.3 Å². The number of hydrogen-bond acceptors (Lipinski definition) is 8. The summed E-state index contributed by atoms with van der Waals surface area (Å²) in [5.74, 6) is 1.21. The molecule has 2 aliphatic heterocycles. The predicted octanol–water partition coefficient (Wildman–Crippen LogP) is 3.58. The van der Waals surface area contributed by atoms with E-state index < -0.39 is 0 Å². The van der Waals surface area contributed by atoms with Gasteiger partial charge in [0.2, 0.25) is 0 Å². The number of ether oxygens (including phenoxy) is 2. The Hall–Kier alpha value is -2.65. The van der Waals surface area contributed by atoms with Crippen molar-refractivity contribution in [3.63, 3.8) is 0 Å². The number of carbonyl (C=O) groups excluding carboxylic acids is 2. The summed E-state index contributed by atoms with van der Waals surface area (Å²) in [5, 5.41) is 0.768. The molecule has 0 unspecified atom stereocenters. The van der Waals surface area contributed by atoms with Crippen LogP contribution in [0.2, 0.25) is 0 Å². The van der Waals surface area contributed by atoms with E-state index in [0.717, 1.165) is 73.6 Å².